The summed E-state index contributed by atoms with van der Waals surface area (Å²) in [5, 5.41) is 15.3. The van der Waals surface area contributed by atoms with Gasteiger partial charge in [0.15, 0.2) is 0 Å². The van der Waals surface area contributed by atoms with Gasteiger partial charge in [-0.1, -0.05) is 19.3 Å². The summed E-state index contributed by atoms with van der Waals surface area (Å²) in [6.07, 6.45) is 8.11. The fraction of sp³-hybridized carbons (Fsp3) is 0.882. The molecule has 1 saturated heterocycles. The minimum Gasteiger partial charge on any atom is -0.389 e. The zero-order valence-electron chi connectivity index (χ0n) is 14.1. The molecule has 22 heavy (non-hydrogen) atoms. The van der Waals surface area contributed by atoms with Gasteiger partial charge in [0.25, 0.3) is 0 Å². The molecular weight excluding hydrogens is 276 g/mol. The standard InChI is InChI=1S/C17H30N4O/c1-14-18-15(2)21(19-14)12-16-7-6-10-20(11-16)13-17(22)8-4-3-5-9-17/h16,22H,3-13H2,1-2H3/t16-/m0/s1. The number of β-amino-alcohol motifs (C(OH)–C–C–N with tert-alkyl or cyclic N) is 1. The van der Waals surface area contributed by atoms with E-state index >= 15 is 0 Å². The fourth-order valence-corrected chi connectivity index (χ4v) is 4.21. The van der Waals surface area contributed by atoms with Crippen LogP contribution in [0.15, 0.2) is 0 Å². The molecule has 0 spiro atoms. The molecule has 1 atom stereocenters. The second-order valence-electron chi connectivity index (χ2n) is 7.42. The van der Waals surface area contributed by atoms with E-state index in [0.29, 0.717) is 5.92 Å². The molecule has 0 amide bonds. The van der Waals surface area contributed by atoms with Crippen molar-refractivity contribution in [2.24, 2.45) is 5.92 Å². The minimum atomic E-state index is -0.431. The van der Waals surface area contributed by atoms with Gasteiger partial charge in [-0.3, -0.25) is 0 Å². The number of likely N-dealkylation sites (tertiary alicyclic amines) is 1. The molecule has 2 heterocycles. The highest BCUT2D eigenvalue weighted by atomic mass is 16.3. The van der Waals surface area contributed by atoms with Gasteiger partial charge in [0.2, 0.25) is 0 Å². The summed E-state index contributed by atoms with van der Waals surface area (Å²) in [6.45, 7) is 8.02. The summed E-state index contributed by atoms with van der Waals surface area (Å²) in [5.41, 5.74) is -0.431. The van der Waals surface area contributed by atoms with Crippen LogP contribution in [0.3, 0.4) is 0 Å². The smallest absolute Gasteiger partial charge is 0.147 e. The summed E-state index contributed by atoms with van der Waals surface area (Å²) in [4.78, 5) is 6.88. The van der Waals surface area contributed by atoms with Gasteiger partial charge in [-0.2, -0.15) is 5.10 Å². The molecular formula is C17H30N4O. The van der Waals surface area contributed by atoms with E-state index in [1.54, 1.807) is 0 Å². The Bertz CT molecular complexity index is 493. The monoisotopic (exact) mass is 306 g/mol. The highest BCUT2D eigenvalue weighted by Crippen LogP contribution is 2.30. The molecule has 0 aromatic carbocycles. The van der Waals surface area contributed by atoms with Crippen molar-refractivity contribution in [1.82, 2.24) is 19.7 Å². The number of hydrogen-bond acceptors (Lipinski definition) is 4. The molecule has 1 aliphatic heterocycles. The topological polar surface area (TPSA) is 54.2 Å². The van der Waals surface area contributed by atoms with Crippen LogP contribution in [0.5, 0.6) is 0 Å². The Kier molecular flexibility index (Phi) is 4.83. The molecule has 0 radical (unpaired) electrons. The van der Waals surface area contributed by atoms with Crippen molar-refractivity contribution in [1.29, 1.82) is 0 Å². The number of aryl methyl sites for hydroxylation is 2. The van der Waals surface area contributed by atoms with Crippen LogP contribution in [0.1, 0.15) is 56.6 Å². The Balaban J connectivity index is 1.56. The third kappa shape index (κ3) is 3.87. The molecule has 1 N–H and O–H groups in total. The molecule has 124 valence electrons. The predicted octanol–water partition coefficient (Wildman–Crippen LogP) is 2.30. The maximum absolute atomic E-state index is 10.8. The third-order valence-electron chi connectivity index (χ3n) is 5.30. The molecule has 1 saturated carbocycles. The maximum atomic E-state index is 10.8. The third-order valence-corrected chi connectivity index (χ3v) is 5.30. The number of piperidine rings is 1. The van der Waals surface area contributed by atoms with Gasteiger partial charge in [0.1, 0.15) is 11.6 Å². The highest BCUT2D eigenvalue weighted by molar-refractivity contribution is 4.90. The SMILES string of the molecule is Cc1nc(C)n(C[C@H]2CCCN(CC3(O)CCCCC3)C2)n1. The van der Waals surface area contributed by atoms with Crippen LogP contribution in [0.2, 0.25) is 0 Å². The Morgan fingerprint density at radius 1 is 1.18 bits per heavy atom. The first-order chi connectivity index (χ1) is 10.5. The number of hydrogen-bond donors (Lipinski definition) is 1. The lowest BCUT2D eigenvalue weighted by Crippen LogP contribution is -2.48. The quantitative estimate of drug-likeness (QED) is 0.927. The Morgan fingerprint density at radius 2 is 1.95 bits per heavy atom. The van der Waals surface area contributed by atoms with Gasteiger partial charge < -0.3 is 10.0 Å². The maximum Gasteiger partial charge on any atom is 0.147 e. The number of aromatic nitrogens is 3. The normalized spacial score (nSPS) is 26.2. The Labute approximate surface area is 133 Å². The molecule has 5 heteroatoms. The van der Waals surface area contributed by atoms with Crippen LogP contribution in [-0.4, -0.2) is 50.0 Å². The number of nitrogens with zero attached hydrogens (tertiary/aromatic N) is 4. The van der Waals surface area contributed by atoms with Crippen molar-refractivity contribution < 1.29 is 5.11 Å². The second-order valence-corrected chi connectivity index (χ2v) is 7.42. The van der Waals surface area contributed by atoms with E-state index in [0.717, 1.165) is 50.7 Å². The lowest BCUT2D eigenvalue weighted by Gasteiger charge is -2.40. The van der Waals surface area contributed by atoms with Gasteiger partial charge in [0.05, 0.1) is 5.60 Å². The first-order valence-corrected chi connectivity index (χ1v) is 8.87. The summed E-state index contributed by atoms with van der Waals surface area (Å²) in [6, 6.07) is 0. The minimum absolute atomic E-state index is 0.431. The van der Waals surface area contributed by atoms with E-state index < -0.39 is 5.60 Å². The molecule has 1 aliphatic carbocycles. The van der Waals surface area contributed by atoms with Crippen molar-refractivity contribution in [3.8, 4) is 0 Å². The van der Waals surface area contributed by atoms with Crippen LogP contribution in [0.4, 0.5) is 0 Å². The lowest BCUT2D eigenvalue weighted by atomic mass is 9.84. The average Bonchev–Trinajstić information content (AvgIpc) is 2.77. The van der Waals surface area contributed by atoms with Gasteiger partial charge in [-0.25, -0.2) is 9.67 Å². The van der Waals surface area contributed by atoms with E-state index in [4.69, 9.17) is 0 Å². The van der Waals surface area contributed by atoms with Crippen molar-refractivity contribution in [3.63, 3.8) is 0 Å². The molecule has 0 unspecified atom stereocenters. The highest BCUT2D eigenvalue weighted by Gasteiger charge is 2.33. The summed E-state index contributed by atoms with van der Waals surface area (Å²) >= 11 is 0. The lowest BCUT2D eigenvalue weighted by molar-refractivity contribution is -0.0352. The van der Waals surface area contributed by atoms with E-state index in [9.17, 15) is 5.11 Å². The average molecular weight is 306 g/mol. The fourth-order valence-electron chi connectivity index (χ4n) is 4.21. The van der Waals surface area contributed by atoms with Crippen LogP contribution in [-0.2, 0) is 6.54 Å². The Morgan fingerprint density at radius 3 is 2.64 bits per heavy atom. The molecule has 2 aliphatic rings. The summed E-state index contributed by atoms with van der Waals surface area (Å²) in [7, 11) is 0. The molecule has 1 aromatic heterocycles. The molecule has 0 bridgehead atoms. The summed E-state index contributed by atoms with van der Waals surface area (Å²) in [5.74, 6) is 2.50. The van der Waals surface area contributed by atoms with Gasteiger partial charge in [0, 0.05) is 19.6 Å². The predicted molar refractivity (Wildman–Crippen MR) is 86.7 cm³/mol. The molecule has 5 nitrogen and oxygen atoms in total. The van der Waals surface area contributed by atoms with Crippen LogP contribution >= 0.6 is 0 Å². The first kappa shape index (κ1) is 15.9. The van der Waals surface area contributed by atoms with Crippen molar-refractivity contribution in [2.75, 3.05) is 19.6 Å². The first-order valence-electron chi connectivity index (χ1n) is 8.87. The van der Waals surface area contributed by atoms with Crippen LogP contribution < -0.4 is 0 Å². The molecule has 2 fully saturated rings. The van der Waals surface area contributed by atoms with Crippen LogP contribution in [0, 0.1) is 19.8 Å². The van der Waals surface area contributed by atoms with Gasteiger partial charge in [-0.05, 0) is 52.0 Å². The summed E-state index contributed by atoms with van der Waals surface area (Å²) < 4.78 is 2.05. The van der Waals surface area contributed by atoms with Gasteiger partial charge in [-0.15, -0.1) is 0 Å². The van der Waals surface area contributed by atoms with E-state index in [1.807, 2.05) is 13.8 Å². The number of rotatable bonds is 4. The van der Waals surface area contributed by atoms with Crippen molar-refractivity contribution in [3.05, 3.63) is 11.6 Å². The Hall–Kier alpha value is -0.940. The second kappa shape index (κ2) is 6.67. The van der Waals surface area contributed by atoms with Crippen molar-refractivity contribution in [2.45, 2.75) is 70.9 Å². The molecule has 1 aromatic rings. The zero-order valence-corrected chi connectivity index (χ0v) is 14.1. The van der Waals surface area contributed by atoms with E-state index in [-0.39, 0.29) is 0 Å². The molecule has 3 rings (SSSR count). The van der Waals surface area contributed by atoms with Crippen molar-refractivity contribution >= 4 is 0 Å². The largest absolute Gasteiger partial charge is 0.389 e. The van der Waals surface area contributed by atoms with E-state index in [1.165, 1.54) is 32.1 Å². The number of aliphatic hydroxyl groups is 1. The zero-order chi connectivity index (χ0) is 15.6. The van der Waals surface area contributed by atoms with Crippen LogP contribution in [0.25, 0.3) is 0 Å². The van der Waals surface area contributed by atoms with Gasteiger partial charge >= 0.3 is 0 Å². The van der Waals surface area contributed by atoms with E-state index in [2.05, 4.69) is 19.7 Å².